The summed E-state index contributed by atoms with van der Waals surface area (Å²) in [6, 6.07) is 20.2. The molecule has 5 heteroatoms. The van der Waals surface area contributed by atoms with Gasteiger partial charge in [-0.1, -0.05) is 30.3 Å². The van der Waals surface area contributed by atoms with Crippen LogP contribution in [0, 0.1) is 0 Å². The maximum Gasteiger partial charge on any atom is 0.316 e. The Balaban J connectivity index is 1.59. The van der Waals surface area contributed by atoms with Gasteiger partial charge >= 0.3 is 6.01 Å². The first-order chi connectivity index (χ1) is 12.2. The van der Waals surface area contributed by atoms with Gasteiger partial charge in [-0.25, -0.2) is 5.43 Å². The number of fused-ring (bicyclic) bond motifs is 2. The predicted molar refractivity (Wildman–Crippen MR) is 100 cm³/mol. The molecule has 0 spiro atoms. The van der Waals surface area contributed by atoms with Crippen LogP contribution < -0.4 is 10.2 Å². The standard InChI is InChI=1S/C20H17N3O2/c1-13(22-23-20-21-18-5-3-4-6-19(18)25-20)14-7-8-16-12-17(24-2)10-9-15(16)11-14/h3-12H,1-2H3,(H,21,23)/b22-13+. The SMILES string of the molecule is COc1ccc2cc(/C(C)=N/Nc3nc4ccccc4o3)ccc2c1. The molecule has 0 atom stereocenters. The number of aromatic nitrogens is 1. The molecule has 0 unspecified atom stereocenters. The molecule has 1 heterocycles. The summed E-state index contributed by atoms with van der Waals surface area (Å²) in [5.74, 6) is 0.850. The van der Waals surface area contributed by atoms with Crippen molar-refractivity contribution in [1.29, 1.82) is 0 Å². The fraction of sp³-hybridized carbons (Fsp3) is 0.100. The number of oxazole rings is 1. The molecule has 0 saturated heterocycles. The molecule has 0 fully saturated rings. The zero-order valence-corrected chi connectivity index (χ0v) is 14.0. The van der Waals surface area contributed by atoms with E-state index in [1.165, 1.54) is 0 Å². The molecule has 4 aromatic rings. The van der Waals surface area contributed by atoms with E-state index in [0.29, 0.717) is 6.01 Å². The topological polar surface area (TPSA) is 59.6 Å². The number of anilines is 1. The number of hydrogen-bond acceptors (Lipinski definition) is 5. The quantitative estimate of drug-likeness (QED) is 0.430. The van der Waals surface area contributed by atoms with Crippen molar-refractivity contribution in [3.05, 3.63) is 66.2 Å². The summed E-state index contributed by atoms with van der Waals surface area (Å²) < 4.78 is 10.9. The van der Waals surface area contributed by atoms with Crippen molar-refractivity contribution in [2.75, 3.05) is 12.5 Å². The lowest BCUT2D eigenvalue weighted by Gasteiger charge is -2.05. The van der Waals surface area contributed by atoms with E-state index in [0.717, 1.165) is 38.9 Å². The van der Waals surface area contributed by atoms with Crippen LogP contribution in [0.15, 0.2) is 70.2 Å². The van der Waals surface area contributed by atoms with Crippen molar-refractivity contribution >= 4 is 33.6 Å². The molecule has 0 aliphatic carbocycles. The van der Waals surface area contributed by atoms with Crippen LogP contribution in [0.5, 0.6) is 5.75 Å². The Labute approximate surface area is 144 Å². The maximum atomic E-state index is 5.61. The summed E-state index contributed by atoms with van der Waals surface area (Å²) in [6.07, 6.45) is 0. The molecule has 0 saturated carbocycles. The molecule has 1 N–H and O–H groups in total. The molecule has 0 aliphatic rings. The van der Waals surface area contributed by atoms with Crippen molar-refractivity contribution in [2.24, 2.45) is 5.10 Å². The first kappa shape index (κ1) is 15.2. The van der Waals surface area contributed by atoms with Crippen LogP contribution in [-0.2, 0) is 0 Å². The van der Waals surface area contributed by atoms with Crippen LogP contribution in [0.4, 0.5) is 6.01 Å². The van der Waals surface area contributed by atoms with Crippen LogP contribution in [0.3, 0.4) is 0 Å². The normalized spacial score (nSPS) is 11.8. The Morgan fingerprint density at radius 1 is 1.04 bits per heavy atom. The van der Waals surface area contributed by atoms with Crippen LogP contribution in [0.1, 0.15) is 12.5 Å². The van der Waals surface area contributed by atoms with Gasteiger partial charge in [0, 0.05) is 0 Å². The highest BCUT2D eigenvalue weighted by Gasteiger charge is 2.05. The number of hydrazone groups is 1. The fourth-order valence-corrected chi connectivity index (χ4v) is 2.69. The molecular formula is C20H17N3O2. The molecule has 25 heavy (non-hydrogen) atoms. The van der Waals surface area contributed by atoms with Crippen LogP contribution in [-0.4, -0.2) is 17.8 Å². The van der Waals surface area contributed by atoms with Crippen molar-refractivity contribution < 1.29 is 9.15 Å². The Bertz CT molecular complexity index is 1050. The van der Waals surface area contributed by atoms with E-state index in [1.807, 2.05) is 55.5 Å². The molecule has 124 valence electrons. The predicted octanol–water partition coefficient (Wildman–Crippen LogP) is 4.83. The second-order valence-electron chi connectivity index (χ2n) is 5.72. The summed E-state index contributed by atoms with van der Waals surface area (Å²) in [5.41, 5.74) is 6.30. The molecule has 4 rings (SSSR count). The summed E-state index contributed by atoms with van der Waals surface area (Å²) in [4.78, 5) is 4.35. The van der Waals surface area contributed by atoms with Gasteiger partial charge in [0.15, 0.2) is 5.58 Å². The van der Waals surface area contributed by atoms with E-state index in [-0.39, 0.29) is 0 Å². The molecular weight excluding hydrogens is 314 g/mol. The highest BCUT2D eigenvalue weighted by atomic mass is 16.5. The van der Waals surface area contributed by atoms with Gasteiger partial charge in [-0.05, 0) is 53.6 Å². The number of rotatable bonds is 4. The van der Waals surface area contributed by atoms with Gasteiger partial charge in [-0.15, -0.1) is 0 Å². The number of benzene rings is 3. The first-order valence-electron chi connectivity index (χ1n) is 7.97. The van der Waals surface area contributed by atoms with Gasteiger partial charge in [-0.2, -0.15) is 10.1 Å². The van der Waals surface area contributed by atoms with E-state index < -0.39 is 0 Å². The Hall–Kier alpha value is -3.34. The minimum Gasteiger partial charge on any atom is -0.497 e. The van der Waals surface area contributed by atoms with Gasteiger partial charge in [-0.3, -0.25) is 0 Å². The first-order valence-corrected chi connectivity index (χ1v) is 7.97. The lowest BCUT2D eigenvalue weighted by molar-refractivity contribution is 0.415. The third-order valence-corrected chi connectivity index (χ3v) is 4.08. The van der Waals surface area contributed by atoms with Gasteiger partial charge < -0.3 is 9.15 Å². The minimum absolute atomic E-state index is 0.381. The molecule has 1 aromatic heterocycles. The molecule has 0 bridgehead atoms. The van der Waals surface area contributed by atoms with Gasteiger partial charge in [0.05, 0.1) is 12.8 Å². The summed E-state index contributed by atoms with van der Waals surface area (Å²) in [5, 5.41) is 6.65. The third-order valence-electron chi connectivity index (χ3n) is 4.08. The summed E-state index contributed by atoms with van der Waals surface area (Å²) in [6.45, 7) is 1.94. The van der Waals surface area contributed by atoms with E-state index in [2.05, 4.69) is 27.6 Å². The molecule has 0 amide bonds. The van der Waals surface area contributed by atoms with Gasteiger partial charge in [0.1, 0.15) is 11.3 Å². The lowest BCUT2D eigenvalue weighted by atomic mass is 10.0. The second-order valence-corrected chi connectivity index (χ2v) is 5.72. The minimum atomic E-state index is 0.381. The fourth-order valence-electron chi connectivity index (χ4n) is 2.69. The van der Waals surface area contributed by atoms with E-state index in [4.69, 9.17) is 9.15 Å². The third kappa shape index (κ3) is 3.04. The number of para-hydroxylation sites is 2. The summed E-state index contributed by atoms with van der Waals surface area (Å²) in [7, 11) is 1.67. The van der Waals surface area contributed by atoms with E-state index in [1.54, 1.807) is 7.11 Å². The van der Waals surface area contributed by atoms with E-state index >= 15 is 0 Å². The number of methoxy groups -OCH3 is 1. The highest BCUT2D eigenvalue weighted by Crippen LogP contribution is 2.22. The number of nitrogens with zero attached hydrogens (tertiary/aromatic N) is 2. The maximum absolute atomic E-state index is 5.61. The molecule has 3 aromatic carbocycles. The lowest BCUT2D eigenvalue weighted by Crippen LogP contribution is -1.99. The smallest absolute Gasteiger partial charge is 0.316 e. The van der Waals surface area contributed by atoms with Gasteiger partial charge in [0.2, 0.25) is 0 Å². The van der Waals surface area contributed by atoms with Crippen molar-refractivity contribution in [3.8, 4) is 5.75 Å². The van der Waals surface area contributed by atoms with Crippen LogP contribution in [0.2, 0.25) is 0 Å². The summed E-state index contributed by atoms with van der Waals surface area (Å²) >= 11 is 0. The number of ether oxygens (including phenoxy) is 1. The second kappa shape index (κ2) is 6.28. The van der Waals surface area contributed by atoms with Crippen LogP contribution >= 0.6 is 0 Å². The van der Waals surface area contributed by atoms with Gasteiger partial charge in [0.25, 0.3) is 0 Å². The molecule has 5 nitrogen and oxygen atoms in total. The zero-order chi connectivity index (χ0) is 17.2. The highest BCUT2D eigenvalue weighted by molar-refractivity contribution is 6.02. The zero-order valence-electron chi connectivity index (χ0n) is 14.0. The van der Waals surface area contributed by atoms with E-state index in [9.17, 15) is 0 Å². The average molecular weight is 331 g/mol. The largest absolute Gasteiger partial charge is 0.497 e. The Kier molecular flexibility index (Phi) is 3.82. The monoisotopic (exact) mass is 331 g/mol. The number of nitrogens with one attached hydrogen (secondary N) is 1. The Morgan fingerprint density at radius 2 is 1.84 bits per heavy atom. The van der Waals surface area contributed by atoms with Crippen LogP contribution in [0.25, 0.3) is 21.9 Å². The van der Waals surface area contributed by atoms with Crippen molar-refractivity contribution in [2.45, 2.75) is 6.92 Å². The number of hydrogen-bond donors (Lipinski definition) is 1. The Morgan fingerprint density at radius 3 is 2.68 bits per heavy atom. The average Bonchev–Trinajstić information content (AvgIpc) is 3.08. The molecule has 0 aliphatic heterocycles. The van der Waals surface area contributed by atoms with Crippen molar-refractivity contribution in [1.82, 2.24) is 4.98 Å². The molecule has 0 radical (unpaired) electrons. The van der Waals surface area contributed by atoms with Crippen molar-refractivity contribution in [3.63, 3.8) is 0 Å².